The number of fused-ring (bicyclic) bond motifs is 1. The zero-order chi connectivity index (χ0) is 16.3. The number of thiol groups is 1. The van der Waals surface area contributed by atoms with Gasteiger partial charge in [0, 0.05) is 10.1 Å². The summed E-state index contributed by atoms with van der Waals surface area (Å²) in [5.41, 5.74) is 0.622. The van der Waals surface area contributed by atoms with Crippen LogP contribution in [0.4, 0.5) is 10.5 Å². The number of hydrogen-bond donors (Lipinski definition) is 4. The highest BCUT2D eigenvalue weighted by atomic mass is 32.1. The Morgan fingerprint density at radius 3 is 2.41 bits per heavy atom. The van der Waals surface area contributed by atoms with Gasteiger partial charge in [-0.3, -0.25) is 0 Å². The van der Waals surface area contributed by atoms with E-state index in [0.29, 0.717) is 5.69 Å². The number of carboxylic acids is 1. The number of urea groups is 1. The minimum Gasteiger partial charge on any atom is -0.480 e. The molecule has 0 radical (unpaired) electrons. The molecule has 1 unspecified atom stereocenters. The summed E-state index contributed by atoms with van der Waals surface area (Å²) in [5.74, 6) is -1.13. The van der Waals surface area contributed by atoms with Crippen LogP contribution in [-0.2, 0) is 4.79 Å². The molecule has 0 saturated carbocycles. The van der Waals surface area contributed by atoms with Gasteiger partial charge in [-0.2, -0.15) is 12.6 Å². The number of carbonyl (C=O) groups is 2. The van der Waals surface area contributed by atoms with E-state index in [1.165, 1.54) is 0 Å². The molecule has 0 spiro atoms. The quantitative estimate of drug-likeness (QED) is 0.654. The Kier molecular flexibility index (Phi) is 4.61. The van der Waals surface area contributed by atoms with Crippen LogP contribution in [0, 0.1) is 0 Å². The van der Waals surface area contributed by atoms with Crippen molar-refractivity contribution in [3.63, 3.8) is 0 Å². The number of carbonyl (C=O) groups excluding carboxylic acids is 1. The van der Waals surface area contributed by atoms with Crippen LogP contribution < -0.4 is 10.6 Å². The van der Waals surface area contributed by atoms with Gasteiger partial charge in [0.15, 0.2) is 0 Å². The third-order valence-corrected chi connectivity index (χ3v) is 3.52. The molecule has 5 nitrogen and oxygen atoms in total. The summed E-state index contributed by atoms with van der Waals surface area (Å²) in [6.45, 7) is 3.26. The number of carboxylic acid groups (broad SMARTS) is 1. The monoisotopic (exact) mass is 318 g/mol. The molecule has 0 saturated heterocycles. The molecule has 22 heavy (non-hydrogen) atoms. The Labute approximate surface area is 134 Å². The third kappa shape index (κ3) is 3.71. The lowest BCUT2D eigenvalue weighted by atomic mass is 10.0. The number of anilines is 1. The molecule has 1 atom stereocenters. The number of amides is 2. The van der Waals surface area contributed by atoms with Gasteiger partial charge in [0.25, 0.3) is 0 Å². The van der Waals surface area contributed by atoms with Crippen LogP contribution in [-0.4, -0.2) is 27.9 Å². The largest absolute Gasteiger partial charge is 0.480 e. The Balaban J connectivity index is 2.19. The van der Waals surface area contributed by atoms with Gasteiger partial charge in [0.05, 0.1) is 5.69 Å². The predicted octanol–water partition coefficient (Wildman–Crippen LogP) is 3.12. The summed E-state index contributed by atoms with van der Waals surface area (Å²) >= 11 is 4.23. The Hall–Kier alpha value is -2.21. The van der Waals surface area contributed by atoms with E-state index >= 15 is 0 Å². The van der Waals surface area contributed by atoms with E-state index < -0.39 is 22.8 Å². The van der Waals surface area contributed by atoms with Crippen LogP contribution in [0.25, 0.3) is 10.8 Å². The second-order valence-corrected chi connectivity index (χ2v) is 6.70. The Morgan fingerprint density at radius 2 is 1.77 bits per heavy atom. The number of rotatable bonds is 4. The number of nitrogens with one attached hydrogen (secondary N) is 2. The second kappa shape index (κ2) is 6.27. The molecular formula is C16H18N2O3S. The zero-order valence-corrected chi connectivity index (χ0v) is 13.2. The molecule has 0 heterocycles. The highest BCUT2D eigenvalue weighted by Crippen LogP contribution is 2.23. The van der Waals surface area contributed by atoms with E-state index in [0.717, 1.165) is 10.8 Å². The van der Waals surface area contributed by atoms with Crippen molar-refractivity contribution in [3.05, 3.63) is 42.5 Å². The molecule has 6 heteroatoms. The van der Waals surface area contributed by atoms with Gasteiger partial charge < -0.3 is 15.7 Å². The van der Waals surface area contributed by atoms with Crippen molar-refractivity contribution < 1.29 is 14.7 Å². The fourth-order valence-electron chi connectivity index (χ4n) is 2.16. The van der Waals surface area contributed by atoms with Crippen LogP contribution in [0.5, 0.6) is 0 Å². The van der Waals surface area contributed by atoms with Crippen molar-refractivity contribution in [2.24, 2.45) is 0 Å². The van der Waals surface area contributed by atoms with E-state index in [-0.39, 0.29) is 0 Å². The average molecular weight is 318 g/mol. The summed E-state index contributed by atoms with van der Waals surface area (Å²) in [7, 11) is 0. The predicted molar refractivity (Wildman–Crippen MR) is 90.6 cm³/mol. The minimum atomic E-state index is -1.13. The molecular weight excluding hydrogens is 300 g/mol. The summed E-state index contributed by atoms with van der Waals surface area (Å²) in [4.78, 5) is 23.4. The molecule has 0 bridgehead atoms. The van der Waals surface area contributed by atoms with Crippen molar-refractivity contribution >= 4 is 41.1 Å². The van der Waals surface area contributed by atoms with Gasteiger partial charge in [0.1, 0.15) is 6.04 Å². The fraction of sp³-hybridized carbons (Fsp3) is 0.250. The molecule has 116 valence electrons. The Morgan fingerprint density at radius 1 is 1.14 bits per heavy atom. The first kappa shape index (κ1) is 16.2. The van der Waals surface area contributed by atoms with Crippen molar-refractivity contribution in [1.82, 2.24) is 5.32 Å². The van der Waals surface area contributed by atoms with Crippen LogP contribution in [0.15, 0.2) is 42.5 Å². The number of aliphatic carboxylic acids is 1. The third-order valence-electron chi connectivity index (χ3n) is 3.27. The first-order chi connectivity index (χ1) is 10.3. The molecule has 0 fully saturated rings. The lowest BCUT2D eigenvalue weighted by Crippen LogP contribution is -2.52. The molecule has 2 amide bonds. The number of hydrogen-bond acceptors (Lipinski definition) is 3. The van der Waals surface area contributed by atoms with E-state index in [9.17, 15) is 14.7 Å². The topological polar surface area (TPSA) is 78.4 Å². The van der Waals surface area contributed by atoms with Gasteiger partial charge in [0.2, 0.25) is 0 Å². The first-order valence-electron chi connectivity index (χ1n) is 6.79. The minimum absolute atomic E-state index is 0.578. The van der Waals surface area contributed by atoms with Crippen LogP contribution in [0.1, 0.15) is 13.8 Å². The lowest BCUT2D eigenvalue weighted by Gasteiger charge is -2.27. The normalized spacial score (nSPS) is 12.7. The number of benzene rings is 2. The molecule has 0 aliphatic heterocycles. The Bertz CT molecular complexity index is 705. The molecule has 0 aliphatic carbocycles. The highest BCUT2D eigenvalue weighted by Gasteiger charge is 2.33. The van der Waals surface area contributed by atoms with Crippen LogP contribution in [0.2, 0.25) is 0 Å². The summed E-state index contributed by atoms with van der Waals surface area (Å²) in [6.07, 6.45) is 0. The molecule has 2 rings (SSSR count). The maximum atomic E-state index is 12.1. The summed E-state index contributed by atoms with van der Waals surface area (Å²) in [5, 5.41) is 16.2. The molecule has 0 aromatic heterocycles. The first-order valence-corrected chi connectivity index (χ1v) is 7.24. The van der Waals surface area contributed by atoms with E-state index in [2.05, 4.69) is 23.3 Å². The molecule has 3 N–H and O–H groups in total. The van der Waals surface area contributed by atoms with Gasteiger partial charge in [-0.1, -0.05) is 36.4 Å². The SMILES string of the molecule is CC(C)(S)C(NC(=O)Nc1cccc2ccccc12)C(=O)O. The fourth-order valence-corrected chi connectivity index (χ4v) is 2.34. The zero-order valence-electron chi connectivity index (χ0n) is 12.3. The van der Waals surface area contributed by atoms with Gasteiger partial charge in [-0.15, -0.1) is 0 Å². The molecule has 2 aromatic rings. The van der Waals surface area contributed by atoms with Crippen LogP contribution >= 0.6 is 12.6 Å². The van der Waals surface area contributed by atoms with E-state index in [1.807, 2.05) is 36.4 Å². The van der Waals surface area contributed by atoms with Gasteiger partial charge in [-0.05, 0) is 25.3 Å². The smallest absolute Gasteiger partial charge is 0.327 e. The van der Waals surface area contributed by atoms with Crippen molar-refractivity contribution in [1.29, 1.82) is 0 Å². The van der Waals surface area contributed by atoms with E-state index in [4.69, 9.17) is 0 Å². The highest BCUT2D eigenvalue weighted by molar-refractivity contribution is 7.81. The second-order valence-electron chi connectivity index (χ2n) is 5.55. The van der Waals surface area contributed by atoms with E-state index in [1.54, 1.807) is 19.9 Å². The summed E-state index contributed by atoms with van der Waals surface area (Å²) in [6, 6.07) is 11.5. The molecule has 2 aromatic carbocycles. The van der Waals surface area contributed by atoms with Crippen molar-refractivity contribution in [3.8, 4) is 0 Å². The van der Waals surface area contributed by atoms with Crippen molar-refractivity contribution in [2.75, 3.05) is 5.32 Å². The molecule has 0 aliphatic rings. The maximum absolute atomic E-state index is 12.1. The van der Waals surface area contributed by atoms with Gasteiger partial charge in [-0.25, -0.2) is 9.59 Å². The average Bonchev–Trinajstić information content (AvgIpc) is 2.44. The summed E-state index contributed by atoms with van der Waals surface area (Å²) < 4.78 is -0.887. The standard InChI is InChI=1S/C16H18N2O3S/c1-16(2,22)13(14(19)20)18-15(21)17-12-9-5-7-10-6-3-4-8-11(10)12/h3-9,13,22H,1-2H3,(H,19,20)(H2,17,18,21). The van der Waals surface area contributed by atoms with Crippen LogP contribution in [0.3, 0.4) is 0 Å². The van der Waals surface area contributed by atoms with Crippen molar-refractivity contribution in [2.45, 2.75) is 24.6 Å². The lowest BCUT2D eigenvalue weighted by molar-refractivity contribution is -0.139. The maximum Gasteiger partial charge on any atom is 0.327 e. The van der Waals surface area contributed by atoms with Gasteiger partial charge >= 0.3 is 12.0 Å².